The Balaban J connectivity index is 2.50. The van der Waals surface area contributed by atoms with Crippen molar-refractivity contribution in [3.63, 3.8) is 0 Å². The smallest absolute Gasteiger partial charge is 0.408 e. The molecule has 4 amide bonds. The molecule has 0 spiro atoms. The molecule has 2 unspecified atom stereocenters. The van der Waals surface area contributed by atoms with Gasteiger partial charge in [0.05, 0.1) is 0 Å². The van der Waals surface area contributed by atoms with Gasteiger partial charge in [0, 0.05) is 19.5 Å². The monoisotopic (exact) mass is 608 g/mol. The van der Waals surface area contributed by atoms with E-state index in [1.807, 2.05) is 62.4 Å². The predicted octanol–water partition coefficient (Wildman–Crippen LogP) is 6.01. The number of aryl methyl sites for hydroxylation is 2. The van der Waals surface area contributed by atoms with E-state index in [9.17, 15) is 19.2 Å². The Morgan fingerprint density at radius 2 is 1.57 bits per heavy atom. The maximum Gasteiger partial charge on any atom is 0.408 e. The molecule has 0 fully saturated rings. The van der Waals surface area contributed by atoms with Crippen LogP contribution in [0.2, 0.25) is 0 Å². The number of benzene rings is 2. The molecule has 9 heteroatoms. The van der Waals surface area contributed by atoms with E-state index in [0.29, 0.717) is 25.1 Å². The summed E-state index contributed by atoms with van der Waals surface area (Å²) in [6, 6.07) is 13.2. The first-order valence-corrected chi connectivity index (χ1v) is 15.8. The van der Waals surface area contributed by atoms with Crippen LogP contribution in [-0.4, -0.2) is 46.9 Å². The van der Waals surface area contributed by atoms with E-state index in [0.717, 1.165) is 48.8 Å². The molecule has 4 N–H and O–H groups in total. The minimum Gasteiger partial charge on any atom is -0.444 e. The van der Waals surface area contributed by atoms with Gasteiger partial charge < -0.3 is 26.0 Å². The van der Waals surface area contributed by atoms with Gasteiger partial charge in [0.25, 0.3) is 0 Å². The van der Waals surface area contributed by atoms with Crippen LogP contribution in [0.15, 0.2) is 48.5 Å². The fraction of sp³-hybridized carbons (Fsp3) is 0.543. The van der Waals surface area contributed by atoms with E-state index in [-0.39, 0.29) is 18.7 Å². The molecule has 0 saturated carbocycles. The molecule has 0 aromatic heterocycles. The van der Waals surface area contributed by atoms with Crippen molar-refractivity contribution in [2.45, 2.75) is 117 Å². The second-order valence-corrected chi connectivity index (χ2v) is 12.5. The zero-order valence-electron chi connectivity index (χ0n) is 27.4. The molecule has 2 atom stereocenters. The van der Waals surface area contributed by atoms with Gasteiger partial charge in [-0.15, -0.1) is 0 Å². The molecule has 2 aromatic rings. The number of amides is 4. The molecule has 0 aliphatic heterocycles. The van der Waals surface area contributed by atoms with E-state index in [2.05, 4.69) is 17.6 Å². The number of ether oxygens (including phenoxy) is 1. The third-order valence-electron chi connectivity index (χ3n) is 7.42. The number of nitrogens with zero attached hydrogens (tertiary/aromatic N) is 1. The summed E-state index contributed by atoms with van der Waals surface area (Å²) in [5, 5.41) is 5.69. The topological polar surface area (TPSA) is 131 Å². The second kappa shape index (κ2) is 18.0. The van der Waals surface area contributed by atoms with Gasteiger partial charge in [-0.1, -0.05) is 87.6 Å². The summed E-state index contributed by atoms with van der Waals surface area (Å²) in [7, 11) is 0. The second-order valence-electron chi connectivity index (χ2n) is 12.5. The van der Waals surface area contributed by atoms with Crippen molar-refractivity contribution in [1.82, 2.24) is 15.5 Å². The quantitative estimate of drug-likeness (QED) is 0.189. The van der Waals surface area contributed by atoms with Crippen LogP contribution in [0.1, 0.15) is 107 Å². The first-order valence-electron chi connectivity index (χ1n) is 15.8. The summed E-state index contributed by atoms with van der Waals surface area (Å²) in [6.07, 6.45) is 5.03. The number of carbonyl (C=O) groups excluding carboxylic acids is 4. The van der Waals surface area contributed by atoms with E-state index in [1.54, 1.807) is 25.7 Å². The largest absolute Gasteiger partial charge is 0.444 e. The van der Waals surface area contributed by atoms with Gasteiger partial charge in [-0.25, -0.2) is 4.79 Å². The Kier molecular flexibility index (Phi) is 14.9. The number of alkyl carbamates (subject to hydrolysis) is 1. The maximum atomic E-state index is 14.4. The molecular formula is C35H52N4O5. The fourth-order valence-electron chi connectivity index (χ4n) is 4.91. The van der Waals surface area contributed by atoms with Crippen LogP contribution in [-0.2, 0) is 25.7 Å². The maximum absolute atomic E-state index is 14.4. The highest BCUT2D eigenvalue weighted by Gasteiger charge is 2.36. The van der Waals surface area contributed by atoms with Crippen molar-refractivity contribution < 1.29 is 23.9 Å². The average molecular weight is 609 g/mol. The van der Waals surface area contributed by atoms with Crippen LogP contribution in [0.5, 0.6) is 0 Å². The molecule has 0 heterocycles. The molecule has 2 rings (SSSR count). The van der Waals surface area contributed by atoms with Crippen molar-refractivity contribution in [2.24, 2.45) is 5.73 Å². The first-order chi connectivity index (χ1) is 20.8. The number of nitrogens with two attached hydrogens (primary N) is 1. The fourth-order valence-corrected chi connectivity index (χ4v) is 4.91. The first kappa shape index (κ1) is 36.3. The van der Waals surface area contributed by atoms with E-state index in [1.165, 1.54) is 0 Å². The third kappa shape index (κ3) is 12.8. The van der Waals surface area contributed by atoms with Crippen molar-refractivity contribution in [2.75, 3.05) is 6.54 Å². The number of nitrogens with one attached hydrogen (secondary N) is 2. The lowest BCUT2D eigenvalue weighted by Gasteiger charge is -2.35. The van der Waals surface area contributed by atoms with Gasteiger partial charge in [-0.2, -0.15) is 0 Å². The Hall–Kier alpha value is -3.88. The predicted molar refractivity (Wildman–Crippen MR) is 174 cm³/mol. The zero-order chi connectivity index (χ0) is 32.7. The van der Waals surface area contributed by atoms with Crippen LogP contribution < -0.4 is 16.4 Å². The lowest BCUT2D eigenvalue weighted by atomic mass is 9.97. The number of carbonyl (C=O) groups is 4. The van der Waals surface area contributed by atoms with Crippen molar-refractivity contribution in [3.8, 4) is 0 Å². The lowest BCUT2D eigenvalue weighted by molar-refractivity contribution is -0.143. The highest BCUT2D eigenvalue weighted by atomic mass is 16.6. The minimum absolute atomic E-state index is 0.0221. The summed E-state index contributed by atoms with van der Waals surface area (Å²) < 4.78 is 5.43. The number of rotatable bonds is 17. The molecule has 44 heavy (non-hydrogen) atoms. The van der Waals surface area contributed by atoms with Gasteiger partial charge in [0.15, 0.2) is 0 Å². The SMILES string of the molecule is CCCCCCCCN(C(=O)C(CCC(N)=O)NC(=O)OC(C)(C)C)C(C(=O)NCc1ccccc1)c1ccc(C)c(C)c1. The van der Waals surface area contributed by atoms with E-state index < -0.39 is 35.6 Å². The summed E-state index contributed by atoms with van der Waals surface area (Å²) in [6.45, 7) is 11.9. The molecule has 0 bridgehead atoms. The molecule has 0 aliphatic carbocycles. The molecule has 0 aliphatic rings. The van der Waals surface area contributed by atoms with E-state index in [4.69, 9.17) is 10.5 Å². The van der Waals surface area contributed by atoms with Gasteiger partial charge in [-0.05, 0) is 69.7 Å². The summed E-state index contributed by atoms with van der Waals surface area (Å²) in [4.78, 5) is 54.5. The summed E-state index contributed by atoms with van der Waals surface area (Å²) in [5.74, 6) is -1.39. The van der Waals surface area contributed by atoms with Crippen molar-refractivity contribution in [3.05, 3.63) is 70.8 Å². The van der Waals surface area contributed by atoms with Crippen LogP contribution in [0.3, 0.4) is 0 Å². The van der Waals surface area contributed by atoms with Gasteiger partial charge in [0.2, 0.25) is 17.7 Å². The van der Waals surface area contributed by atoms with Crippen LogP contribution >= 0.6 is 0 Å². The van der Waals surface area contributed by atoms with Gasteiger partial charge in [0.1, 0.15) is 17.7 Å². The molecule has 242 valence electrons. The highest BCUT2D eigenvalue weighted by Crippen LogP contribution is 2.26. The van der Waals surface area contributed by atoms with Crippen LogP contribution in [0.4, 0.5) is 4.79 Å². The van der Waals surface area contributed by atoms with Crippen LogP contribution in [0.25, 0.3) is 0 Å². The molecule has 0 saturated heterocycles. The number of primary amides is 1. The number of unbranched alkanes of at least 4 members (excludes halogenated alkanes) is 5. The number of hydrogen-bond acceptors (Lipinski definition) is 5. The molecule has 0 radical (unpaired) electrons. The molecule has 2 aromatic carbocycles. The molecular weight excluding hydrogens is 556 g/mol. The molecule has 9 nitrogen and oxygen atoms in total. The van der Waals surface area contributed by atoms with Crippen molar-refractivity contribution in [1.29, 1.82) is 0 Å². The van der Waals surface area contributed by atoms with Gasteiger partial charge >= 0.3 is 6.09 Å². The Bertz CT molecular complexity index is 1230. The van der Waals surface area contributed by atoms with E-state index >= 15 is 0 Å². The Morgan fingerprint density at radius 3 is 2.18 bits per heavy atom. The Labute approximate surface area is 263 Å². The highest BCUT2D eigenvalue weighted by molar-refractivity contribution is 5.92. The number of hydrogen-bond donors (Lipinski definition) is 3. The summed E-state index contributed by atoms with van der Waals surface area (Å²) in [5.41, 5.74) is 8.31. The van der Waals surface area contributed by atoms with Crippen LogP contribution in [0, 0.1) is 13.8 Å². The standard InChI is InChI=1S/C35H52N4O5/c1-7-8-9-10-11-15-22-39(33(42)29(20-21-30(36)40)38-34(43)44-35(4,5)6)31(28-19-18-25(2)26(3)23-28)32(41)37-24-27-16-13-12-14-17-27/h12-14,16-19,23,29,31H,7-11,15,20-22,24H2,1-6H3,(H2,36,40)(H,37,41)(H,38,43). The summed E-state index contributed by atoms with van der Waals surface area (Å²) >= 11 is 0. The normalized spacial score (nSPS) is 12.6. The average Bonchev–Trinajstić information content (AvgIpc) is 2.96. The zero-order valence-corrected chi connectivity index (χ0v) is 27.4. The van der Waals surface area contributed by atoms with Gasteiger partial charge in [-0.3, -0.25) is 14.4 Å². The van der Waals surface area contributed by atoms with Crippen molar-refractivity contribution >= 4 is 23.8 Å². The lowest BCUT2D eigenvalue weighted by Crippen LogP contribution is -2.53. The Morgan fingerprint density at radius 1 is 0.909 bits per heavy atom. The third-order valence-corrected chi connectivity index (χ3v) is 7.42. The minimum atomic E-state index is -1.12.